The van der Waals surface area contributed by atoms with E-state index in [4.69, 9.17) is 0 Å². The maximum Gasteiger partial charge on any atom is 0.305 e. The number of allylic oxidation sites excluding steroid dienone is 2. The van der Waals surface area contributed by atoms with E-state index in [1.54, 1.807) is 18.4 Å². The smallest absolute Gasteiger partial charge is 0.305 e. The Morgan fingerprint density at radius 2 is 2.00 bits per heavy atom. The lowest BCUT2D eigenvalue weighted by atomic mass is 9.93. The minimum Gasteiger partial charge on any atom is -0.469 e. The first-order valence-electron chi connectivity index (χ1n) is 6.94. The van der Waals surface area contributed by atoms with Crippen LogP contribution in [0.5, 0.6) is 0 Å². The maximum absolute atomic E-state index is 12.3. The Morgan fingerprint density at radius 1 is 1.32 bits per heavy atom. The molecule has 6 heteroatoms. The third-order valence-electron chi connectivity index (χ3n) is 3.85. The molecule has 6 nitrogen and oxygen atoms in total. The number of rotatable bonds is 5. The summed E-state index contributed by atoms with van der Waals surface area (Å²) in [6, 6.07) is 0. The summed E-state index contributed by atoms with van der Waals surface area (Å²) in [5.74, 6) is -0.930. The summed E-state index contributed by atoms with van der Waals surface area (Å²) in [5, 5.41) is 0. The monoisotopic (exact) mass is 303 g/mol. The number of carbonyl (C=O) groups excluding carboxylic acids is 4. The second-order valence-electron chi connectivity index (χ2n) is 5.19. The minimum atomic E-state index is -0.340. The molecule has 2 rings (SSSR count). The van der Waals surface area contributed by atoms with Gasteiger partial charge in [-0.3, -0.25) is 19.2 Å². The molecule has 0 amide bonds. The highest BCUT2D eigenvalue weighted by Gasteiger charge is 2.32. The first-order chi connectivity index (χ1) is 10.4. The molecule has 0 fully saturated rings. The molecule has 1 aromatic heterocycles. The maximum atomic E-state index is 12.3. The van der Waals surface area contributed by atoms with E-state index in [-0.39, 0.29) is 40.8 Å². The molecule has 0 saturated carbocycles. The van der Waals surface area contributed by atoms with Crippen molar-refractivity contribution in [2.75, 3.05) is 7.11 Å². The van der Waals surface area contributed by atoms with Gasteiger partial charge in [0.1, 0.15) is 5.69 Å². The normalized spacial score (nSPS) is 13.7. The molecule has 0 atom stereocenters. The van der Waals surface area contributed by atoms with Crippen LogP contribution in [0.15, 0.2) is 11.6 Å². The molecular weight excluding hydrogens is 286 g/mol. The second-order valence-corrected chi connectivity index (χ2v) is 5.19. The number of hydrogen-bond acceptors (Lipinski definition) is 5. The quantitative estimate of drug-likeness (QED) is 0.612. The predicted molar refractivity (Wildman–Crippen MR) is 78.2 cm³/mol. The molecule has 0 N–H and O–H groups in total. The molecule has 1 aromatic rings. The van der Waals surface area contributed by atoms with Crippen molar-refractivity contribution in [2.45, 2.75) is 33.2 Å². The number of methoxy groups -OCH3 is 1. The number of nitrogens with zero attached hydrogens (tertiary/aromatic N) is 1. The van der Waals surface area contributed by atoms with E-state index in [2.05, 4.69) is 4.74 Å². The Labute approximate surface area is 127 Å². The van der Waals surface area contributed by atoms with Crippen LogP contribution in [0.3, 0.4) is 0 Å². The number of ether oxygens (including phenoxy) is 1. The zero-order valence-corrected chi connectivity index (χ0v) is 12.8. The van der Waals surface area contributed by atoms with Crippen LogP contribution in [0.25, 0.3) is 0 Å². The van der Waals surface area contributed by atoms with Crippen molar-refractivity contribution < 1.29 is 23.9 Å². The van der Waals surface area contributed by atoms with Crippen molar-refractivity contribution in [3.8, 4) is 0 Å². The van der Waals surface area contributed by atoms with E-state index in [1.165, 1.54) is 13.2 Å². The lowest BCUT2D eigenvalue weighted by Gasteiger charge is -2.13. The van der Waals surface area contributed by atoms with Crippen molar-refractivity contribution in [1.29, 1.82) is 0 Å². The van der Waals surface area contributed by atoms with Crippen LogP contribution in [0.4, 0.5) is 0 Å². The third kappa shape index (κ3) is 2.52. The second kappa shape index (κ2) is 6.09. The standard InChI is InChI=1S/C16H17NO5/c1-9-7-12(19)15-14(16(9)21)11(8-18)10(2)17(15)6-4-5-13(20)22-3/h7-8H,4-6H2,1-3H3. The third-order valence-corrected chi connectivity index (χ3v) is 3.85. The Balaban J connectivity index is 2.43. The highest BCUT2D eigenvalue weighted by Crippen LogP contribution is 2.29. The van der Waals surface area contributed by atoms with Gasteiger partial charge < -0.3 is 9.30 Å². The molecule has 1 aliphatic carbocycles. The number of aldehydes is 1. The highest BCUT2D eigenvalue weighted by atomic mass is 16.5. The average molecular weight is 303 g/mol. The van der Waals surface area contributed by atoms with Crippen molar-refractivity contribution in [2.24, 2.45) is 0 Å². The lowest BCUT2D eigenvalue weighted by molar-refractivity contribution is -0.140. The molecule has 0 bridgehead atoms. The van der Waals surface area contributed by atoms with Gasteiger partial charge in [-0.05, 0) is 26.3 Å². The van der Waals surface area contributed by atoms with Gasteiger partial charge >= 0.3 is 5.97 Å². The van der Waals surface area contributed by atoms with E-state index in [0.717, 1.165) is 0 Å². The lowest BCUT2D eigenvalue weighted by Crippen LogP contribution is -2.19. The molecule has 0 spiro atoms. The molecule has 1 aliphatic rings. The number of Topliss-reactive ketones (excluding diaryl/α,β-unsaturated/α-hetero) is 1. The van der Waals surface area contributed by atoms with Crippen molar-refractivity contribution in [1.82, 2.24) is 4.57 Å². The zero-order chi connectivity index (χ0) is 16.4. The summed E-state index contributed by atoms with van der Waals surface area (Å²) in [4.78, 5) is 47.0. The SMILES string of the molecule is COC(=O)CCCn1c(C)c(C=O)c2c1C(=O)C=C(C)C2=O. The van der Waals surface area contributed by atoms with Crippen molar-refractivity contribution in [3.05, 3.63) is 34.2 Å². The highest BCUT2D eigenvalue weighted by molar-refractivity contribution is 6.26. The van der Waals surface area contributed by atoms with Crippen LogP contribution in [-0.2, 0) is 16.1 Å². The van der Waals surface area contributed by atoms with Gasteiger partial charge in [-0.25, -0.2) is 0 Å². The molecule has 0 aliphatic heterocycles. The van der Waals surface area contributed by atoms with Gasteiger partial charge in [0.05, 0.1) is 12.7 Å². The number of aromatic nitrogens is 1. The fourth-order valence-electron chi connectivity index (χ4n) is 2.68. The first kappa shape index (κ1) is 15.9. The van der Waals surface area contributed by atoms with Gasteiger partial charge in [0.2, 0.25) is 5.78 Å². The van der Waals surface area contributed by atoms with Crippen LogP contribution >= 0.6 is 0 Å². The number of hydrogen-bond donors (Lipinski definition) is 0. The van der Waals surface area contributed by atoms with Crippen molar-refractivity contribution in [3.63, 3.8) is 0 Å². The number of fused-ring (bicyclic) bond motifs is 1. The molecule has 116 valence electrons. The molecule has 0 unspecified atom stereocenters. The predicted octanol–water partition coefficient (Wildman–Crippen LogP) is 1.89. The Hall–Kier alpha value is -2.50. The van der Waals surface area contributed by atoms with E-state index >= 15 is 0 Å². The van der Waals surface area contributed by atoms with Crippen molar-refractivity contribution >= 4 is 23.8 Å². The Kier molecular flexibility index (Phi) is 4.40. The van der Waals surface area contributed by atoms with Crippen LogP contribution in [0, 0.1) is 6.92 Å². The van der Waals surface area contributed by atoms with E-state index in [0.29, 0.717) is 30.5 Å². The summed E-state index contributed by atoms with van der Waals surface area (Å²) in [6.45, 7) is 3.61. The van der Waals surface area contributed by atoms with Crippen LogP contribution in [0.2, 0.25) is 0 Å². The topological polar surface area (TPSA) is 82.4 Å². The largest absolute Gasteiger partial charge is 0.469 e. The van der Waals surface area contributed by atoms with Gasteiger partial charge in [0.25, 0.3) is 0 Å². The summed E-state index contributed by atoms with van der Waals surface area (Å²) in [7, 11) is 1.31. The van der Waals surface area contributed by atoms with Crippen LogP contribution in [-0.4, -0.2) is 35.5 Å². The summed E-state index contributed by atoms with van der Waals surface area (Å²) >= 11 is 0. The summed E-state index contributed by atoms with van der Waals surface area (Å²) in [5.41, 5.74) is 1.55. The Bertz CT molecular complexity index is 709. The fraction of sp³-hybridized carbons (Fsp3) is 0.375. The summed E-state index contributed by atoms with van der Waals surface area (Å²) < 4.78 is 6.22. The van der Waals surface area contributed by atoms with E-state index < -0.39 is 0 Å². The van der Waals surface area contributed by atoms with Crippen LogP contribution in [0.1, 0.15) is 56.7 Å². The van der Waals surface area contributed by atoms with E-state index in [9.17, 15) is 19.2 Å². The molecule has 0 saturated heterocycles. The minimum absolute atomic E-state index is 0.176. The van der Waals surface area contributed by atoms with Gasteiger partial charge in [0.15, 0.2) is 12.1 Å². The van der Waals surface area contributed by atoms with Gasteiger partial charge in [0, 0.05) is 29.8 Å². The molecule has 0 aromatic carbocycles. The first-order valence-corrected chi connectivity index (χ1v) is 6.94. The Morgan fingerprint density at radius 3 is 2.59 bits per heavy atom. The fourth-order valence-corrected chi connectivity index (χ4v) is 2.68. The summed E-state index contributed by atoms with van der Waals surface area (Å²) in [6.07, 6.45) is 2.55. The number of carbonyl (C=O) groups is 4. The molecule has 22 heavy (non-hydrogen) atoms. The van der Waals surface area contributed by atoms with E-state index in [1.807, 2.05) is 0 Å². The average Bonchev–Trinajstić information content (AvgIpc) is 2.77. The molecule has 0 radical (unpaired) electrons. The number of ketones is 2. The van der Waals surface area contributed by atoms with Gasteiger partial charge in [-0.1, -0.05) is 0 Å². The molecule has 1 heterocycles. The van der Waals surface area contributed by atoms with Crippen LogP contribution < -0.4 is 0 Å². The molecular formula is C16H17NO5. The van der Waals surface area contributed by atoms with Gasteiger partial charge in [-0.2, -0.15) is 0 Å². The zero-order valence-electron chi connectivity index (χ0n) is 12.8. The van der Waals surface area contributed by atoms with Gasteiger partial charge in [-0.15, -0.1) is 0 Å². The number of esters is 1.